The highest BCUT2D eigenvalue weighted by Gasteiger charge is 2.58. The number of rotatable bonds is 9. The van der Waals surface area contributed by atoms with E-state index in [2.05, 4.69) is 19.7 Å². The Morgan fingerprint density at radius 3 is 2.58 bits per heavy atom. The van der Waals surface area contributed by atoms with E-state index in [4.69, 9.17) is 19.9 Å². The van der Waals surface area contributed by atoms with Crippen LogP contribution in [0.2, 0.25) is 0 Å². The van der Waals surface area contributed by atoms with E-state index >= 15 is 0 Å². The van der Waals surface area contributed by atoms with E-state index < -0.39 is 46.4 Å². The summed E-state index contributed by atoms with van der Waals surface area (Å²) in [5.74, 6) is -2.57. The molecule has 0 saturated carbocycles. The van der Waals surface area contributed by atoms with Crippen LogP contribution in [-0.2, 0) is 38.6 Å². The molecule has 2 rings (SSSR count). The predicted molar refractivity (Wildman–Crippen MR) is 106 cm³/mol. The summed E-state index contributed by atoms with van der Waals surface area (Å²) in [6, 6.07) is -1.23. The molecular weight excluding hydrogens is 458 g/mol. The molecule has 1 aliphatic heterocycles. The Labute approximate surface area is 181 Å². The minimum Gasteiger partial charge on any atom is -0.460 e. The molecule has 16 heteroatoms. The van der Waals surface area contributed by atoms with Crippen LogP contribution in [0, 0.1) is 0 Å². The fourth-order valence-corrected chi connectivity index (χ4v) is 3.47. The van der Waals surface area contributed by atoms with Gasteiger partial charge in [0, 0.05) is 5.38 Å². The third-order valence-electron chi connectivity index (χ3n) is 3.81. The number of hydrogen-bond acceptors (Lipinski definition) is 12. The highest BCUT2D eigenvalue weighted by molar-refractivity contribution is 7.80. The molecule has 2 amide bonds. The van der Waals surface area contributed by atoms with Gasteiger partial charge in [0.15, 0.2) is 10.8 Å². The lowest BCUT2D eigenvalue weighted by atomic mass is 9.84. The second-order valence-electron chi connectivity index (χ2n) is 7.02. The fraction of sp³-hybridized carbons (Fsp3) is 0.533. The number of oxime groups is 1. The zero-order chi connectivity index (χ0) is 23.6. The standard InChI is InChI=1S/C15H21N5O9S2/c1-7(2)28-9(21)5-27-19-10(8-6-30-14(16)17-8)12(22)18-11-13(23)20(15(11,3)4)29-31(24,25)26/h6-7,11H,5H2,1-4H3,(H2,16,17)(H,18,22)(H,24,25,26)/b19-10-/t11-/m1/s1. The average molecular weight is 479 g/mol. The van der Waals surface area contributed by atoms with E-state index in [0.717, 1.165) is 11.3 Å². The molecular formula is C15H21N5O9S2. The van der Waals surface area contributed by atoms with Crippen molar-refractivity contribution in [2.75, 3.05) is 12.3 Å². The maximum Gasteiger partial charge on any atom is 0.418 e. The molecule has 14 nitrogen and oxygen atoms in total. The summed E-state index contributed by atoms with van der Waals surface area (Å²) in [6.45, 7) is 5.48. The topological polar surface area (TPSA) is 200 Å². The number of ether oxygens (including phenoxy) is 1. The first kappa shape index (κ1) is 24.4. The van der Waals surface area contributed by atoms with E-state index in [1.165, 1.54) is 19.2 Å². The molecule has 172 valence electrons. The van der Waals surface area contributed by atoms with Crippen LogP contribution < -0.4 is 11.1 Å². The van der Waals surface area contributed by atoms with E-state index in [-0.39, 0.29) is 22.6 Å². The van der Waals surface area contributed by atoms with Crippen molar-refractivity contribution in [3.05, 3.63) is 11.1 Å². The summed E-state index contributed by atoms with van der Waals surface area (Å²) in [7, 11) is -4.94. The third kappa shape index (κ3) is 6.09. The Morgan fingerprint density at radius 1 is 1.45 bits per heavy atom. The molecule has 31 heavy (non-hydrogen) atoms. The molecule has 0 radical (unpaired) electrons. The number of hydroxylamine groups is 2. The number of nitrogens with zero attached hydrogens (tertiary/aromatic N) is 3. The zero-order valence-electron chi connectivity index (χ0n) is 16.9. The van der Waals surface area contributed by atoms with Crippen molar-refractivity contribution in [2.45, 2.75) is 45.4 Å². The number of nitrogens with one attached hydrogen (secondary N) is 1. The fourth-order valence-electron chi connectivity index (χ4n) is 2.47. The first-order chi connectivity index (χ1) is 14.2. The first-order valence-electron chi connectivity index (χ1n) is 8.65. The molecule has 0 aromatic carbocycles. The summed E-state index contributed by atoms with van der Waals surface area (Å²) in [4.78, 5) is 45.3. The maximum atomic E-state index is 12.7. The average Bonchev–Trinajstić information content (AvgIpc) is 3.05. The van der Waals surface area contributed by atoms with Gasteiger partial charge < -0.3 is 20.6 Å². The van der Waals surface area contributed by atoms with Gasteiger partial charge in [0.25, 0.3) is 11.8 Å². The summed E-state index contributed by atoms with van der Waals surface area (Å²) in [5, 5.41) is 7.92. The number of nitrogens with two attached hydrogens (primary N) is 1. The number of amides is 2. The van der Waals surface area contributed by atoms with Gasteiger partial charge in [-0.2, -0.15) is 13.5 Å². The second-order valence-corrected chi connectivity index (χ2v) is 8.91. The van der Waals surface area contributed by atoms with Crippen LogP contribution in [-0.4, -0.2) is 70.8 Å². The molecule has 1 fully saturated rings. The largest absolute Gasteiger partial charge is 0.460 e. The van der Waals surface area contributed by atoms with E-state index in [1.807, 2.05) is 0 Å². The molecule has 1 saturated heterocycles. The molecule has 1 aliphatic rings. The SMILES string of the molecule is CC(C)OC(=O)CO/N=C(\C(=O)N[C@@H]1C(=O)N(OS(=O)(=O)O)C1(C)C)c1csc(N)n1. The summed E-state index contributed by atoms with van der Waals surface area (Å²) in [5.41, 5.74) is 3.88. The normalized spacial score (nSPS) is 18.5. The molecule has 0 aliphatic carbocycles. The first-order valence-corrected chi connectivity index (χ1v) is 10.9. The lowest BCUT2D eigenvalue weighted by Crippen LogP contribution is -2.76. The van der Waals surface area contributed by atoms with Crippen molar-refractivity contribution in [3.8, 4) is 0 Å². The van der Waals surface area contributed by atoms with Gasteiger partial charge >= 0.3 is 16.4 Å². The molecule has 1 aromatic heterocycles. The molecule has 2 heterocycles. The summed E-state index contributed by atoms with van der Waals surface area (Å²) >= 11 is 1.01. The van der Waals surface area contributed by atoms with Crippen LogP contribution >= 0.6 is 11.3 Å². The van der Waals surface area contributed by atoms with Gasteiger partial charge in [-0.15, -0.1) is 15.6 Å². The van der Waals surface area contributed by atoms with Gasteiger partial charge in [-0.05, 0) is 27.7 Å². The minimum absolute atomic E-state index is 0.0212. The van der Waals surface area contributed by atoms with Crippen molar-refractivity contribution in [2.24, 2.45) is 5.16 Å². The molecule has 0 spiro atoms. The molecule has 1 atom stereocenters. The Hall–Kier alpha value is -2.82. The summed E-state index contributed by atoms with van der Waals surface area (Å²) in [6.07, 6.45) is -0.374. The smallest absolute Gasteiger partial charge is 0.418 e. The Morgan fingerprint density at radius 2 is 2.10 bits per heavy atom. The Kier molecular flexibility index (Phi) is 7.20. The third-order valence-corrected chi connectivity index (χ3v) is 4.82. The number of thiazole rings is 1. The van der Waals surface area contributed by atoms with Crippen LogP contribution in [0.1, 0.15) is 33.4 Å². The number of esters is 1. The van der Waals surface area contributed by atoms with E-state index in [0.29, 0.717) is 5.06 Å². The van der Waals surface area contributed by atoms with Crippen molar-refractivity contribution in [1.82, 2.24) is 15.4 Å². The second kappa shape index (κ2) is 9.13. The van der Waals surface area contributed by atoms with Crippen molar-refractivity contribution in [3.63, 3.8) is 0 Å². The van der Waals surface area contributed by atoms with E-state index in [1.54, 1.807) is 13.8 Å². The number of nitrogen functional groups attached to an aromatic ring is 1. The van der Waals surface area contributed by atoms with Crippen LogP contribution in [0.4, 0.5) is 5.13 Å². The number of anilines is 1. The number of carbonyl (C=O) groups excluding carboxylic acids is 3. The quantitative estimate of drug-likeness (QED) is 0.132. The van der Waals surface area contributed by atoms with Gasteiger partial charge in [0.1, 0.15) is 11.7 Å². The van der Waals surface area contributed by atoms with Gasteiger partial charge in [-0.1, -0.05) is 5.16 Å². The lowest BCUT2D eigenvalue weighted by molar-refractivity contribution is -0.218. The monoisotopic (exact) mass is 479 g/mol. The van der Waals surface area contributed by atoms with Crippen molar-refractivity contribution < 1.29 is 41.2 Å². The Balaban J connectivity index is 2.16. The number of hydrogen-bond donors (Lipinski definition) is 3. The van der Waals surface area contributed by atoms with Gasteiger partial charge in [0.05, 0.1) is 11.6 Å². The van der Waals surface area contributed by atoms with E-state index in [9.17, 15) is 22.8 Å². The van der Waals surface area contributed by atoms with Crippen LogP contribution in [0.25, 0.3) is 0 Å². The van der Waals surface area contributed by atoms with Crippen LogP contribution in [0.3, 0.4) is 0 Å². The van der Waals surface area contributed by atoms with Gasteiger partial charge in [-0.3, -0.25) is 14.1 Å². The van der Waals surface area contributed by atoms with Crippen molar-refractivity contribution in [1.29, 1.82) is 0 Å². The lowest BCUT2D eigenvalue weighted by Gasteiger charge is -2.50. The number of aromatic nitrogens is 1. The van der Waals surface area contributed by atoms with Gasteiger partial charge in [0.2, 0.25) is 6.61 Å². The number of β-lactam (4-membered cyclic amide) rings is 1. The molecule has 1 aromatic rings. The predicted octanol–water partition coefficient (Wildman–Crippen LogP) is -0.762. The van der Waals surface area contributed by atoms with Crippen LogP contribution in [0.15, 0.2) is 10.5 Å². The molecule has 0 bridgehead atoms. The van der Waals surface area contributed by atoms with Gasteiger partial charge in [-0.25, -0.2) is 9.78 Å². The molecule has 0 unspecified atom stereocenters. The zero-order valence-corrected chi connectivity index (χ0v) is 18.5. The Bertz CT molecular complexity index is 1000. The van der Waals surface area contributed by atoms with Crippen LogP contribution in [0.5, 0.6) is 0 Å². The molecule has 4 N–H and O–H groups in total. The van der Waals surface area contributed by atoms with Crippen molar-refractivity contribution >= 4 is 50.4 Å². The minimum atomic E-state index is -4.94. The summed E-state index contributed by atoms with van der Waals surface area (Å²) < 4.78 is 39.7. The highest BCUT2D eigenvalue weighted by Crippen LogP contribution is 2.32. The maximum absolute atomic E-state index is 12.7. The number of carbonyl (C=O) groups is 3. The highest BCUT2D eigenvalue weighted by atomic mass is 32.3.